The van der Waals surface area contributed by atoms with Gasteiger partial charge >= 0.3 is 0 Å². The molecule has 1 N–H and O–H groups in total. The molecule has 1 aromatic heterocycles. The largest absolute Gasteiger partial charge is 0.353 e. The molecule has 0 radical (unpaired) electrons. The van der Waals surface area contributed by atoms with E-state index in [1.54, 1.807) is 4.90 Å². The quantitative estimate of drug-likeness (QED) is 0.810. The molecule has 8 heteroatoms. The van der Waals surface area contributed by atoms with Gasteiger partial charge in [0.15, 0.2) is 5.82 Å². The van der Waals surface area contributed by atoms with Gasteiger partial charge in [0.1, 0.15) is 0 Å². The van der Waals surface area contributed by atoms with Crippen LogP contribution in [0.1, 0.15) is 30.5 Å². The van der Waals surface area contributed by atoms with Gasteiger partial charge in [0, 0.05) is 19.0 Å². The maximum absolute atomic E-state index is 12.2. The van der Waals surface area contributed by atoms with Crippen LogP contribution in [0, 0.1) is 6.92 Å². The molecule has 2 aliphatic rings. The number of piperidine rings is 1. The van der Waals surface area contributed by atoms with Crippen molar-refractivity contribution < 1.29 is 14.1 Å². The zero-order chi connectivity index (χ0) is 15.5. The van der Waals surface area contributed by atoms with Gasteiger partial charge in [0.2, 0.25) is 17.7 Å². The Balaban J connectivity index is 1.47. The van der Waals surface area contributed by atoms with Crippen LogP contribution in [0.3, 0.4) is 0 Å². The third-order valence-corrected chi connectivity index (χ3v) is 4.23. The number of hydrogen-bond acceptors (Lipinski definition) is 6. The zero-order valence-corrected chi connectivity index (χ0v) is 12.7. The lowest BCUT2D eigenvalue weighted by molar-refractivity contribution is -0.139. The van der Waals surface area contributed by atoms with E-state index >= 15 is 0 Å². The Morgan fingerprint density at radius 3 is 2.77 bits per heavy atom. The van der Waals surface area contributed by atoms with Gasteiger partial charge in [-0.25, -0.2) is 0 Å². The van der Waals surface area contributed by atoms with E-state index in [9.17, 15) is 9.59 Å². The molecule has 0 aliphatic carbocycles. The second-order valence-electron chi connectivity index (χ2n) is 5.90. The number of nitrogens with zero attached hydrogens (tertiary/aromatic N) is 4. The Morgan fingerprint density at radius 2 is 2.14 bits per heavy atom. The van der Waals surface area contributed by atoms with Crippen molar-refractivity contribution in [2.24, 2.45) is 0 Å². The van der Waals surface area contributed by atoms with Crippen LogP contribution in [0.4, 0.5) is 0 Å². The first-order chi connectivity index (χ1) is 10.6. The minimum atomic E-state index is -0.0786. The topological polar surface area (TPSA) is 91.6 Å². The molecule has 2 aliphatic heterocycles. The van der Waals surface area contributed by atoms with Crippen LogP contribution >= 0.6 is 0 Å². The van der Waals surface area contributed by atoms with Crippen molar-refractivity contribution in [3.05, 3.63) is 11.7 Å². The Bertz CT molecular complexity index is 550. The van der Waals surface area contributed by atoms with Crippen LogP contribution in [0.2, 0.25) is 0 Å². The highest BCUT2D eigenvalue weighted by atomic mass is 16.5. The minimum absolute atomic E-state index is 0.0296. The van der Waals surface area contributed by atoms with Crippen molar-refractivity contribution in [2.45, 2.75) is 25.7 Å². The number of likely N-dealkylation sites (tertiary alicyclic amines) is 1. The molecule has 0 spiro atoms. The number of piperazine rings is 1. The standard InChI is InChI=1S/C14H21N5O3/c1-10-16-14(22-17-10)11-2-5-18(6-3-11)9-13(21)19-7-4-15-12(20)8-19/h11H,2-9H2,1H3,(H,15,20). The molecule has 0 bridgehead atoms. The van der Waals surface area contributed by atoms with E-state index in [4.69, 9.17) is 4.52 Å². The molecule has 1 aromatic rings. The summed E-state index contributed by atoms with van der Waals surface area (Å²) in [6, 6.07) is 0. The maximum atomic E-state index is 12.2. The Kier molecular flexibility index (Phi) is 4.37. The van der Waals surface area contributed by atoms with Crippen molar-refractivity contribution in [1.29, 1.82) is 0 Å². The van der Waals surface area contributed by atoms with Gasteiger partial charge in [-0.1, -0.05) is 5.16 Å². The lowest BCUT2D eigenvalue weighted by atomic mass is 9.97. The highest BCUT2D eigenvalue weighted by molar-refractivity contribution is 5.86. The van der Waals surface area contributed by atoms with E-state index in [0.29, 0.717) is 31.3 Å². The molecular formula is C14H21N5O3. The van der Waals surface area contributed by atoms with E-state index < -0.39 is 0 Å². The third-order valence-electron chi connectivity index (χ3n) is 4.23. The van der Waals surface area contributed by atoms with E-state index in [2.05, 4.69) is 20.4 Å². The second kappa shape index (κ2) is 6.43. The summed E-state index contributed by atoms with van der Waals surface area (Å²) in [6.45, 7) is 5.18. The number of hydrogen-bond donors (Lipinski definition) is 1. The number of carbonyl (C=O) groups is 2. The van der Waals surface area contributed by atoms with Crippen LogP contribution in [-0.4, -0.2) is 71.0 Å². The molecule has 3 heterocycles. The smallest absolute Gasteiger partial charge is 0.239 e. The first-order valence-corrected chi connectivity index (χ1v) is 7.69. The van der Waals surface area contributed by atoms with Crippen molar-refractivity contribution in [2.75, 3.05) is 39.3 Å². The summed E-state index contributed by atoms with van der Waals surface area (Å²) in [5.74, 6) is 1.60. The number of amides is 2. The predicted octanol–water partition coefficient (Wildman–Crippen LogP) is -0.484. The van der Waals surface area contributed by atoms with Crippen LogP contribution in [-0.2, 0) is 9.59 Å². The summed E-state index contributed by atoms with van der Waals surface area (Å²) in [5.41, 5.74) is 0. The summed E-state index contributed by atoms with van der Waals surface area (Å²) >= 11 is 0. The highest BCUT2D eigenvalue weighted by Crippen LogP contribution is 2.26. The van der Waals surface area contributed by atoms with Gasteiger partial charge < -0.3 is 14.7 Å². The van der Waals surface area contributed by atoms with Gasteiger partial charge in [-0.05, 0) is 32.9 Å². The van der Waals surface area contributed by atoms with Gasteiger partial charge in [-0.2, -0.15) is 4.98 Å². The number of nitrogens with one attached hydrogen (secondary N) is 1. The van der Waals surface area contributed by atoms with E-state index in [-0.39, 0.29) is 24.3 Å². The Labute approximate surface area is 128 Å². The summed E-state index contributed by atoms with van der Waals surface area (Å²) < 4.78 is 5.23. The fraction of sp³-hybridized carbons (Fsp3) is 0.714. The maximum Gasteiger partial charge on any atom is 0.239 e. The first kappa shape index (κ1) is 15.0. The summed E-state index contributed by atoms with van der Waals surface area (Å²) in [6.07, 6.45) is 1.82. The van der Waals surface area contributed by atoms with Crippen LogP contribution in [0.15, 0.2) is 4.52 Å². The average Bonchev–Trinajstić information content (AvgIpc) is 2.94. The molecule has 0 saturated carbocycles. The van der Waals surface area contributed by atoms with Gasteiger partial charge in [0.25, 0.3) is 0 Å². The first-order valence-electron chi connectivity index (χ1n) is 7.69. The molecule has 2 fully saturated rings. The molecule has 22 heavy (non-hydrogen) atoms. The van der Waals surface area contributed by atoms with Crippen LogP contribution < -0.4 is 5.32 Å². The molecule has 0 unspecified atom stereocenters. The predicted molar refractivity (Wildman–Crippen MR) is 77.0 cm³/mol. The minimum Gasteiger partial charge on any atom is -0.353 e. The molecule has 120 valence electrons. The number of aromatic nitrogens is 2. The summed E-state index contributed by atoms with van der Waals surface area (Å²) in [4.78, 5) is 31.6. The van der Waals surface area contributed by atoms with Crippen molar-refractivity contribution in [3.63, 3.8) is 0 Å². The molecule has 2 saturated heterocycles. The summed E-state index contributed by atoms with van der Waals surface area (Å²) in [5, 5.41) is 6.56. The average molecular weight is 307 g/mol. The Hall–Kier alpha value is -1.96. The van der Waals surface area contributed by atoms with Crippen molar-refractivity contribution in [3.8, 4) is 0 Å². The molecular weight excluding hydrogens is 286 g/mol. The lowest BCUT2D eigenvalue weighted by Gasteiger charge is -2.33. The van der Waals surface area contributed by atoms with Gasteiger partial charge in [-0.15, -0.1) is 0 Å². The SMILES string of the molecule is Cc1noc(C2CCN(CC(=O)N3CCNC(=O)C3)CC2)n1. The number of aryl methyl sites for hydroxylation is 1. The lowest BCUT2D eigenvalue weighted by Crippen LogP contribution is -2.52. The molecule has 3 rings (SSSR count). The fourth-order valence-corrected chi connectivity index (χ4v) is 2.96. The molecule has 2 amide bonds. The van der Waals surface area contributed by atoms with E-state index in [1.165, 1.54) is 0 Å². The molecule has 0 atom stereocenters. The van der Waals surface area contributed by atoms with Gasteiger partial charge in [-0.3, -0.25) is 14.5 Å². The van der Waals surface area contributed by atoms with Gasteiger partial charge in [0.05, 0.1) is 13.1 Å². The molecule has 0 aromatic carbocycles. The summed E-state index contributed by atoms with van der Waals surface area (Å²) in [7, 11) is 0. The normalized spacial score (nSPS) is 21.0. The Morgan fingerprint density at radius 1 is 1.36 bits per heavy atom. The second-order valence-corrected chi connectivity index (χ2v) is 5.90. The van der Waals surface area contributed by atoms with Crippen LogP contribution in [0.25, 0.3) is 0 Å². The number of rotatable bonds is 3. The van der Waals surface area contributed by atoms with E-state index in [1.807, 2.05) is 6.92 Å². The fourth-order valence-electron chi connectivity index (χ4n) is 2.96. The van der Waals surface area contributed by atoms with Crippen molar-refractivity contribution in [1.82, 2.24) is 25.3 Å². The molecule has 8 nitrogen and oxygen atoms in total. The van der Waals surface area contributed by atoms with E-state index in [0.717, 1.165) is 25.9 Å². The van der Waals surface area contributed by atoms with Crippen molar-refractivity contribution >= 4 is 11.8 Å². The zero-order valence-electron chi connectivity index (χ0n) is 12.7. The number of carbonyl (C=O) groups excluding carboxylic acids is 2. The third kappa shape index (κ3) is 3.44. The monoisotopic (exact) mass is 307 g/mol. The van der Waals surface area contributed by atoms with Crippen LogP contribution in [0.5, 0.6) is 0 Å². The highest BCUT2D eigenvalue weighted by Gasteiger charge is 2.28.